The van der Waals surface area contributed by atoms with Crippen LogP contribution in [0.1, 0.15) is 20.3 Å². The molecule has 0 aromatic carbocycles. The highest BCUT2D eigenvalue weighted by atomic mass is 35.5. The summed E-state index contributed by atoms with van der Waals surface area (Å²) < 4.78 is 1.62. The summed E-state index contributed by atoms with van der Waals surface area (Å²) in [4.78, 5) is 23.7. The van der Waals surface area contributed by atoms with E-state index in [9.17, 15) is 9.59 Å². The fourth-order valence-corrected chi connectivity index (χ4v) is 3.11. The summed E-state index contributed by atoms with van der Waals surface area (Å²) in [7, 11) is 0. The minimum absolute atomic E-state index is 0.0936. The average molecular weight is 390 g/mol. The number of carbonyl (C=O) groups excluding carboxylic acids is 2. The molecular weight excluding hydrogens is 373 g/mol. The second-order valence-electron chi connectivity index (χ2n) is 5.05. The molecule has 0 aliphatic heterocycles. The van der Waals surface area contributed by atoms with E-state index in [0.717, 1.165) is 6.42 Å². The van der Waals surface area contributed by atoms with E-state index in [1.165, 1.54) is 11.8 Å². The molecule has 2 N–H and O–H groups in total. The molecule has 0 spiro atoms. The van der Waals surface area contributed by atoms with Gasteiger partial charge in [0.2, 0.25) is 11.8 Å². The number of rotatable bonds is 7. The largest absolute Gasteiger partial charge is 0.354 e. The number of halogens is 2. The van der Waals surface area contributed by atoms with E-state index in [2.05, 4.69) is 20.8 Å². The standard InChI is InChI=1S/C14H17Cl2N5O2S/c1-3-4-17-13(23)8(2)18-11(22)7-24-14-20-19-12-10(16)5-9(15)6-21(12)14/h5-6,8H,3-4,7H2,1-2H3,(H,17,23)(H,18,22)/t8-/m0/s1. The second kappa shape index (κ2) is 8.55. The molecule has 0 fully saturated rings. The molecule has 0 aliphatic rings. The molecule has 2 rings (SSSR count). The highest BCUT2D eigenvalue weighted by Gasteiger charge is 2.16. The lowest BCUT2D eigenvalue weighted by Gasteiger charge is -2.13. The van der Waals surface area contributed by atoms with Crippen molar-refractivity contribution in [1.82, 2.24) is 25.2 Å². The Bertz CT molecular complexity index is 752. The number of pyridine rings is 1. The molecular formula is C14H17Cl2N5O2S. The molecule has 2 amide bonds. The molecule has 0 aliphatic carbocycles. The summed E-state index contributed by atoms with van der Waals surface area (Å²) in [5, 5.41) is 14.7. The third-order valence-corrected chi connectivity index (χ3v) is 4.48. The Morgan fingerprint density at radius 3 is 2.83 bits per heavy atom. The van der Waals surface area contributed by atoms with Gasteiger partial charge in [-0.15, -0.1) is 10.2 Å². The Labute approximate surface area is 153 Å². The first-order chi connectivity index (χ1) is 11.4. The van der Waals surface area contributed by atoms with Gasteiger partial charge < -0.3 is 10.6 Å². The lowest BCUT2D eigenvalue weighted by molar-refractivity contribution is -0.127. The van der Waals surface area contributed by atoms with Crippen LogP contribution in [0.5, 0.6) is 0 Å². The number of aromatic nitrogens is 3. The average Bonchev–Trinajstić information content (AvgIpc) is 2.93. The first-order valence-corrected chi connectivity index (χ1v) is 9.06. The molecule has 24 heavy (non-hydrogen) atoms. The summed E-state index contributed by atoms with van der Waals surface area (Å²) in [6, 6.07) is 0.980. The normalized spacial score (nSPS) is 12.2. The molecule has 0 radical (unpaired) electrons. The molecule has 130 valence electrons. The number of nitrogens with zero attached hydrogens (tertiary/aromatic N) is 3. The number of hydrogen-bond donors (Lipinski definition) is 2. The Morgan fingerprint density at radius 1 is 1.38 bits per heavy atom. The SMILES string of the molecule is CCCNC(=O)[C@H](C)NC(=O)CSc1nnc2c(Cl)cc(Cl)cn12. The third-order valence-electron chi connectivity index (χ3n) is 3.05. The number of nitrogens with one attached hydrogen (secondary N) is 2. The number of fused-ring (bicyclic) bond motifs is 1. The molecule has 2 heterocycles. The fourth-order valence-electron chi connectivity index (χ4n) is 1.88. The Balaban J connectivity index is 1.94. The van der Waals surface area contributed by atoms with Crippen LogP contribution in [-0.2, 0) is 9.59 Å². The zero-order valence-electron chi connectivity index (χ0n) is 13.2. The van der Waals surface area contributed by atoms with E-state index in [0.29, 0.717) is 27.4 Å². The Kier molecular flexibility index (Phi) is 6.70. The summed E-state index contributed by atoms with van der Waals surface area (Å²) >= 11 is 13.2. The number of amides is 2. The van der Waals surface area contributed by atoms with Crippen LogP contribution in [0.25, 0.3) is 5.65 Å². The molecule has 2 aromatic heterocycles. The molecule has 0 saturated heterocycles. The zero-order valence-corrected chi connectivity index (χ0v) is 15.5. The number of thioether (sulfide) groups is 1. The molecule has 2 aromatic rings. The van der Waals surface area contributed by atoms with Crippen molar-refractivity contribution >= 4 is 52.4 Å². The summed E-state index contributed by atoms with van der Waals surface area (Å²) in [6.45, 7) is 4.18. The number of carbonyl (C=O) groups is 2. The van der Waals surface area contributed by atoms with E-state index in [1.807, 2.05) is 6.92 Å². The van der Waals surface area contributed by atoms with Gasteiger partial charge in [0.25, 0.3) is 0 Å². The van der Waals surface area contributed by atoms with Gasteiger partial charge in [0.05, 0.1) is 15.8 Å². The van der Waals surface area contributed by atoms with E-state index >= 15 is 0 Å². The second-order valence-corrected chi connectivity index (χ2v) is 6.84. The number of hydrogen-bond acceptors (Lipinski definition) is 5. The minimum atomic E-state index is -0.594. The van der Waals surface area contributed by atoms with Crippen LogP contribution in [0.3, 0.4) is 0 Å². The maximum Gasteiger partial charge on any atom is 0.242 e. The Morgan fingerprint density at radius 2 is 2.12 bits per heavy atom. The summed E-state index contributed by atoms with van der Waals surface area (Å²) in [5.74, 6) is -0.387. The predicted molar refractivity (Wildman–Crippen MR) is 94.6 cm³/mol. The molecule has 1 atom stereocenters. The van der Waals surface area contributed by atoms with Crippen molar-refractivity contribution in [2.45, 2.75) is 31.5 Å². The van der Waals surface area contributed by atoms with Gasteiger partial charge in [-0.2, -0.15) is 0 Å². The quantitative estimate of drug-likeness (QED) is 0.708. The van der Waals surface area contributed by atoms with Gasteiger partial charge in [-0.3, -0.25) is 14.0 Å². The van der Waals surface area contributed by atoms with Crippen molar-refractivity contribution in [3.8, 4) is 0 Å². The summed E-state index contributed by atoms with van der Waals surface area (Å²) in [5.41, 5.74) is 0.469. The minimum Gasteiger partial charge on any atom is -0.354 e. The first kappa shape index (κ1) is 18.8. The van der Waals surface area contributed by atoms with Crippen LogP contribution in [0.4, 0.5) is 0 Å². The Hall–Kier alpha value is -1.51. The van der Waals surface area contributed by atoms with Gasteiger partial charge in [0.15, 0.2) is 10.8 Å². The predicted octanol–water partition coefficient (Wildman–Crippen LogP) is 2.16. The molecule has 0 bridgehead atoms. The van der Waals surface area contributed by atoms with Crippen LogP contribution in [-0.4, -0.2) is 44.8 Å². The molecule has 10 heteroatoms. The van der Waals surface area contributed by atoms with Crippen LogP contribution in [0, 0.1) is 0 Å². The maximum atomic E-state index is 12.0. The van der Waals surface area contributed by atoms with Crippen molar-refractivity contribution in [3.05, 3.63) is 22.3 Å². The lowest BCUT2D eigenvalue weighted by Crippen LogP contribution is -2.45. The maximum absolute atomic E-state index is 12.0. The monoisotopic (exact) mass is 389 g/mol. The van der Waals surface area contributed by atoms with Crippen LogP contribution in [0.2, 0.25) is 10.0 Å². The lowest BCUT2D eigenvalue weighted by atomic mass is 10.3. The highest BCUT2D eigenvalue weighted by Crippen LogP contribution is 2.25. The van der Waals surface area contributed by atoms with Crippen molar-refractivity contribution in [1.29, 1.82) is 0 Å². The van der Waals surface area contributed by atoms with Crippen molar-refractivity contribution < 1.29 is 9.59 Å². The van der Waals surface area contributed by atoms with Crippen molar-refractivity contribution in [3.63, 3.8) is 0 Å². The van der Waals surface area contributed by atoms with E-state index in [-0.39, 0.29) is 17.6 Å². The zero-order chi connectivity index (χ0) is 17.7. The van der Waals surface area contributed by atoms with E-state index in [1.54, 1.807) is 23.6 Å². The van der Waals surface area contributed by atoms with Gasteiger partial charge in [-0.1, -0.05) is 41.9 Å². The smallest absolute Gasteiger partial charge is 0.242 e. The highest BCUT2D eigenvalue weighted by molar-refractivity contribution is 7.99. The van der Waals surface area contributed by atoms with Gasteiger partial charge in [-0.05, 0) is 19.4 Å². The van der Waals surface area contributed by atoms with Crippen molar-refractivity contribution in [2.24, 2.45) is 0 Å². The summed E-state index contributed by atoms with van der Waals surface area (Å²) in [6.07, 6.45) is 2.47. The van der Waals surface area contributed by atoms with Crippen LogP contribution >= 0.6 is 35.0 Å². The topological polar surface area (TPSA) is 88.4 Å². The van der Waals surface area contributed by atoms with E-state index < -0.39 is 6.04 Å². The van der Waals surface area contributed by atoms with Gasteiger partial charge in [-0.25, -0.2) is 0 Å². The molecule has 0 unspecified atom stereocenters. The van der Waals surface area contributed by atoms with E-state index in [4.69, 9.17) is 23.2 Å². The fraction of sp³-hybridized carbons (Fsp3) is 0.429. The third kappa shape index (κ3) is 4.75. The van der Waals surface area contributed by atoms with Crippen LogP contribution < -0.4 is 10.6 Å². The van der Waals surface area contributed by atoms with Crippen molar-refractivity contribution in [2.75, 3.05) is 12.3 Å². The van der Waals surface area contributed by atoms with Gasteiger partial charge in [0.1, 0.15) is 6.04 Å². The van der Waals surface area contributed by atoms with Gasteiger partial charge >= 0.3 is 0 Å². The molecule has 7 nitrogen and oxygen atoms in total. The van der Waals surface area contributed by atoms with Crippen LogP contribution in [0.15, 0.2) is 17.4 Å². The van der Waals surface area contributed by atoms with Gasteiger partial charge in [0, 0.05) is 12.7 Å². The molecule has 0 saturated carbocycles. The first-order valence-electron chi connectivity index (χ1n) is 7.32.